The Labute approximate surface area is 56.6 Å². The Kier molecular flexibility index (Phi) is 2.79. The van der Waals surface area contributed by atoms with E-state index in [1.165, 1.54) is 0 Å². The lowest BCUT2D eigenvalue weighted by Gasteiger charge is -2.00. The quantitative estimate of drug-likeness (QED) is 0.558. The molecule has 0 aromatic heterocycles. The summed E-state index contributed by atoms with van der Waals surface area (Å²) < 4.78 is 0. The average molecular weight is 123 g/mol. The van der Waals surface area contributed by atoms with Gasteiger partial charge in [-0.15, -0.1) is 0 Å². The van der Waals surface area contributed by atoms with Crippen LogP contribution in [-0.2, 0) is 0 Å². The van der Waals surface area contributed by atoms with E-state index in [2.05, 4.69) is 13.2 Å². The molecule has 0 aromatic carbocycles. The zero-order valence-electron chi connectivity index (χ0n) is 6.07. The lowest BCUT2D eigenvalue weighted by molar-refractivity contribution is 1.22. The van der Waals surface area contributed by atoms with E-state index in [1.807, 2.05) is 13.8 Å². The maximum Gasteiger partial charge on any atom is 0.00843 e. The first-order valence-corrected chi connectivity index (χ1v) is 2.84. The Morgan fingerprint density at radius 1 is 1.44 bits per heavy atom. The van der Waals surface area contributed by atoms with Crippen LogP contribution in [-0.4, -0.2) is 0 Å². The number of allylic oxidation sites excluding steroid dienone is 4. The fourth-order valence-electron chi connectivity index (χ4n) is 0.406. The van der Waals surface area contributed by atoms with Crippen molar-refractivity contribution in [2.24, 2.45) is 5.73 Å². The van der Waals surface area contributed by atoms with Crippen LogP contribution in [0.4, 0.5) is 0 Å². The standard InChI is InChI=1S/C8H13N/c1-5-6(2)7(3)8(4)9/h5H,1-2,9H2,3-4H3/b8-7-. The molecule has 0 unspecified atom stereocenters. The second-order valence-electron chi connectivity index (χ2n) is 2.04. The number of hydrogen-bond acceptors (Lipinski definition) is 1. The SMILES string of the molecule is C=CC(=C)/C(C)=C(/C)N. The summed E-state index contributed by atoms with van der Waals surface area (Å²) in [4.78, 5) is 0. The van der Waals surface area contributed by atoms with Crippen LogP contribution in [0.25, 0.3) is 0 Å². The van der Waals surface area contributed by atoms with Crippen LogP contribution in [0.5, 0.6) is 0 Å². The summed E-state index contributed by atoms with van der Waals surface area (Å²) in [6.07, 6.45) is 1.70. The van der Waals surface area contributed by atoms with Gasteiger partial charge in [-0.1, -0.05) is 19.2 Å². The third kappa shape index (κ3) is 2.17. The predicted octanol–water partition coefficient (Wildman–Crippen LogP) is 1.98. The largest absolute Gasteiger partial charge is 0.402 e. The molecule has 0 fully saturated rings. The molecule has 0 aliphatic carbocycles. The van der Waals surface area contributed by atoms with Gasteiger partial charge in [-0.2, -0.15) is 0 Å². The van der Waals surface area contributed by atoms with Crippen LogP contribution in [0.1, 0.15) is 13.8 Å². The summed E-state index contributed by atoms with van der Waals surface area (Å²) in [5, 5.41) is 0. The highest BCUT2D eigenvalue weighted by molar-refractivity contribution is 5.36. The minimum absolute atomic E-state index is 0.805. The second kappa shape index (κ2) is 3.13. The first kappa shape index (κ1) is 8.02. The summed E-state index contributed by atoms with van der Waals surface area (Å²) in [5.74, 6) is 0. The van der Waals surface area contributed by atoms with Crippen molar-refractivity contribution in [2.45, 2.75) is 13.8 Å². The summed E-state index contributed by atoms with van der Waals surface area (Å²) in [5.41, 5.74) is 8.21. The molecule has 0 aromatic rings. The fourth-order valence-corrected chi connectivity index (χ4v) is 0.406. The van der Waals surface area contributed by atoms with Crippen molar-refractivity contribution in [3.05, 3.63) is 36.1 Å². The van der Waals surface area contributed by atoms with Crippen LogP contribution in [0.15, 0.2) is 36.1 Å². The van der Waals surface area contributed by atoms with E-state index in [0.717, 1.165) is 16.8 Å². The van der Waals surface area contributed by atoms with Crippen molar-refractivity contribution in [1.82, 2.24) is 0 Å². The molecular formula is C8H13N. The van der Waals surface area contributed by atoms with Gasteiger partial charge >= 0.3 is 0 Å². The van der Waals surface area contributed by atoms with Crippen molar-refractivity contribution >= 4 is 0 Å². The normalized spacial score (nSPS) is 12.2. The van der Waals surface area contributed by atoms with Crippen LogP contribution < -0.4 is 5.73 Å². The number of hydrogen-bond donors (Lipinski definition) is 1. The topological polar surface area (TPSA) is 26.0 Å². The van der Waals surface area contributed by atoms with Crippen LogP contribution >= 0.6 is 0 Å². The third-order valence-electron chi connectivity index (χ3n) is 1.32. The molecule has 0 spiro atoms. The molecule has 2 N–H and O–H groups in total. The molecule has 0 atom stereocenters. The van der Waals surface area contributed by atoms with E-state index in [9.17, 15) is 0 Å². The van der Waals surface area contributed by atoms with Crippen LogP contribution in [0.3, 0.4) is 0 Å². The number of rotatable bonds is 2. The Morgan fingerprint density at radius 3 is 2.00 bits per heavy atom. The number of nitrogens with two attached hydrogens (primary N) is 1. The molecule has 0 heterocycles. The molecule has 0 bridgehead atoms. The molecule has 0 rings (SSSR count). The molecule has 0 amide bonds. The average Bonchev–Trinajstić information content (AvgIpc) is 1.84. The van der Waals surface area contributed by atoms with Crippen molar-refractivity contribution < 1.29 is 0 Å². The van der Waals surface area contributed by atoms with Gasteiger partial charge in [0.05, 0.1) is 0 Å². The Morgan fingerprint density at radius 2 is 1.89 bits per heavy atom. The molecule has 0 aliphatic heterocycles. The molecule has 1 heteroatoms. The summed E-state index contributed by atoms with van der Waals surface area (Å²) in [6, 6.07) is 0. The molecule has 0 saturated heterocycles. The van der Waals surface area contributed by atoms with Gasteiger partial charge in [-0.05, 0) is 25.0 Å². The van der Waals surface area contributed by atoms with Crippen molar-refractivity contribution in [2.75, 3.05) is 0 Å². The monoisotopic (exact) mass is 123 g/mol. The van der Waals surface area contributed by atoms with Gasteiger partial charge in [0, 0.05) is 5.70 Å². The van der Waals surface area contributed by atoms with Crippen LogP contribution in [0, 0.1) is 0 Å². The van der Waals surface area contributed by atoms with Gasteiger partial charge in [0.25, 0.3) is 0 Å². The van der Waals surface area contributed by atoms with Crippen LogP contribution in [0.2, 0.25) is 0 Å². The zero-order valence-corrected chi connectivity index (χ0v) is 6.07. The molecule has 0 saturated carbocycles. The summed E-state index contributed by atoms with van der Waals surface area (Å²) >= 11 is 0. The first-order valence-electron chi connectivity index (χ1n) is 2.84. The summed E-state index contributed by atoms with van der Waals surface area (Å²) in [7, 11) is 0. The first-order chi connectivity index (χ1) is 4.09. The molecular weight excluding hydrogens is 110 g/mol. The van der Waals surface area contributed by atoms with Crippen molar-refractivity contribution in [1.29, 1.82) is 0 Å². The minimum atomic E-state index is 0.805. The predicted molar refractivity (Wildman–Crippen MR) is 41.9 cm³/mol. The molecule has 50 valence electrons. The molecule has 1 nitrogen and oxygen atoms in total. The van der Waals surface area contributed by atoms with E-state index in [-0.39, 0.29) is 0 Å². The van der Waals surface area contributed by atoms with Crippen molar-refractivity contribution in [3.63, 3.8) is 0 Å². The van der Waals surface area contributed by atoms with Gasteiger partial charge in [0.15, 0.2) is 0 Å². The Balaban J connectivity index is 4.39. The van der Waals surface area contributed by atoms with Gasteiger partial charge in [-0.3, -0.25) is 0 Å². The van der Waals surface area contributed by atoms with E-state index in [4.69, 9.17) is 5.73 Å². The second-order valence-corrected chi connectivity index (χ2v) is 2.04. The summed E-state index contributed by atoms with van der Waals surface area (Å²) in [6.45, 7) is 11.1. The molecule has 9 heavy (non-hydrogen) atoms. The fraction of sp³-hybridized carbons (Fsp3) is 0.250. The highest BCUT2D eigenvalue weighted by atomic mass is 14.6. The zero-order chi connectivity index (χ0) is 7.44. The lowest BCUT2D eigenvalue weighted by atomic mass is 10.1. The van der Waals surface area contributed by atoms with E-state index in [1.54, 1.807) is 6.08 Å². The smallest absolute Gasteiger partial charge is 0.00843 e. The molecule has 0 radical (unpaired) electrons. The van der Waals surface area contributed by atoms with Gasteiger partial charge < -0.3 is 5.73 Å². The Bertz CT molecular complexity index is 159. The Hall–Kier alpha value is -0.980. The highest BCUT2D eigenvalue weighted by Crippen LogP contribution is 2.08. The van der Waals surface area contributed by atoms with Gasteiger partial charge in [-0.25, -0.2) is 0 Å². The maximum atomic E-state index is 5.48. The van der Waals surface area contributed by atoms with E-state index < -0.39 is 0 Å². The van der Waals surface area contributed by atoms with E-state index >= 15 is 0 Å². The minimum Gasteiger partial charge on any atom is -0.402 e. The van der Waals surface area contributed by atoms with Gasteiger partial charge in [0.1, 0.15) is 0 Å². The third-order valence-corrected chi connectivity index (χ3v) is 1.32. The lowest BCUT2D eigenvalue weighted by Crippen LogP contribution is -1.95. The molecule has 0 aliphatic rings. The van der Waals surface area contributed by atoms with Crippen molar-refractivity contribution in [3.8, 4) is 0 Å². The highest BCUT2D eigenvalue weighted by Gasteiger charge is 1.92. The van der Waals surface area contributed by atoms with Gasteiger partial charge in [0.2, 0.25) is 0 Å². The maximum absolute atomic E-state index is 5.48. The van der Waals surface area contributed by atoms with E-state index in [0.29, 0.717) is 0 Å².